The maximum atomic E-state index is 5.22. The zero-order chi connectivity index (χ0) is 13.0. The molecule has 1 N–H and O–H groups in total. The van der Waals surface area contributed by atoms with Crippen LogP contribution in [0, 0.1) is 5.92 Å². The van der Waals surface area contributed by atoms with Crippen molar-refractivity contribution in [3.63, 3.8) is 0 Å². The molecule has 0 aliphatic carbocycles. The zero-order valence-electron chi connectivity index (χ0n) is 11.3. The minimum atomic E-state index is 0.361. The highest BCUT2D eigenvalue weighted by Gasteiger charge is 2.12. The summed E-state index contributed by atoms with van der Waals surface area (Å²) in [5, 5.41) is 3.50. The maximum absolute atomic E-state index is 5.22. The van der Waals surface area contributed by atoms with E-state index in [0.29, 0.717) is 12.0 Å². The average Bonchev–Trinajstić information content (AvgIpc) is 2.76. The van der Waals surface area contributed by atoms with Crippen molar-refractivity contribution in [3.05, 3.63) is 36.3 Å². The summed E-state index contributed by atoms with van der Waals surface area (Å²) in [6.45, 7) is 5.89. The molecule has 0 spiro atoms. The van der Waals surface area contributed by atoms with Crippen LogP contribution in [-0.2, 0) is 11.3 Å². The van der Waals surface area contributed by atoms with Crippen LogP contribution in [0.1, 0.15) is 19.5 Å². The Morgan fingerprint density at radius 2 is 2.22 bits per heavy atom. The Hall–Kier alpha value is -1.39. The Morgan fingerprint density at radius 1 is 1.39 bits per heavy atom. The quantitative estimate of drug-likeness (QED) is 0.849. The summed E-state index contributed by atoms with van der Waals surface area (Å²) in [7, 11) is 1.74. The van der Waals surface area contributed by atoms with Crippen molar-refractivity contribution in [1.82, 2.24) is 14.7 Å². The van der Waals surface area contributed by atoms with Gasteiger partial charge in [-0.2, -0.15) is 0 Å². The molecule has 0 fully saturated rings. The van der Waals surface area contributed by atoms with E-state index in [0.717, 1.165) is 24.5 Å². The van der Waals surface area contributed by atoms with Crippen LogP contribution in [0.3, 0.4) is 0 Å². The van der Waals surface area contributed by atoms with Gasteiger partial charge in [-0.1, -0.05) is 19.9 Å². The van der Waals surface area contributed by atoms with Crippen molar-refractivity contribution in [3.8, 4) is 0 Å². The smallest absolute Gasteiger partial charge is 0.137 e. The number of rotatable bonds is 6. The predicted octanol–water partition coefficient (Wildman–Crippen LogP) is 2.09. The number of aromatic nitrogens is 2. The topological polar surface area (TPSA) is 38.6 Å². The van der Waals surface area contributed by atoms with Crippen molar-refractivity contribution in [2.45, 2.75) is 26.4 Å². The van der Waals surface area contributed by atoms with Crippen molar-refractivity contribution >= 4 is 5.65 Å². The molecule has 0 saturated carbocycles. The van der Waals surface area contributed by atoms with Crippen LogP contribution in [0.4, 0.5) is 0 Å². The Kier molecular flexibility index (Phi) is 4.33. The van der Waals surface area contributed by atoms with E-state index in [4.69, 9.17) is 4.74 Å². The highest BCUT2D eigenvalue weighted by Crippen LogP contribution is 2.07. The van der Waals surface area contributed by atoms with E-state index >= 15 is 0 Å². The molecule has 0 aromatic carbocycles. The SMILES string of the molecule is COCC(NCc1cn2ccccc2n1)C(C)C. The molecule has 0 saturated heterocycles. The van der Waals surface area contributed by atoms with E-state index in [9.17, 15) is 0 Å². The normalized spacial score (nSPS) is 13.3. The Balaban J connectivity index is 2.00. The first-order valence-electron chi connectivity index (χ1n) is 6.35. The van der Waals surface area contributed by atoms with Gasteiger partial charge < -0.3 is 14.5 Å². The van der Waals surface area contributed by atoms with Gasteiger partial charge in [0.15, 0.2) is 0 Å². The van der Waals surface area contributed by atoms with Gasteiger partial charge in [-0.3, -0.25) is 0 Å². The van der Waals surface area contributed by atoms with Gasteiger partial charge in [0.1, 0.15) is 5.65 Å². The molecule has 0 bridgehead atoms. The number of pyridine rings is 1. The van der Waals surface area contributed by atoms with Gasteiger partial charge in [0.05, 0.1) is 12.3 Å². The molecule has 4 heteroatoms. The van der Waals surface area contributed by atoms with Crippen LogP contribution in [0.2, 0.25) is 0 Å². The minimum Gasteiger partial charge on any atom is -0.383 e. The number of hydrogen-bond acceptors (Lipinski definition) is 3. The van der Waals surface area contributed by atoms with Gasteiger partial charge in [-0.05, 0) is 18.1 Å². The van der Waals surface area contributed by atoms with Gasteiger partial charge >= 0.3 is 0 Å². The highest BCUT2D eigenvalue weighted by molar-refractivity contribution is 5.39. The molecular weight excluding hydrogens is 226 g/mol. The van der Waals surface area contributed by atoms with Crippen molar-refractivity contribution in [2.75, 3.05) is 13.7 Å². The number of nitrogens with zero attached hydrogens (tertiary/aromatic N) is 2. The Labute approximate surface area is 108 Å². The molecule has 98 valence electrons. The minimum absolute atomic E-state index is 0.361. The number of imidazole rings is 1. The number of ether oxygens (including phenoxy) is 1. The molecule has 2 heterocycles. The number of fused-ring (bicyclic) bond motifs is 1. The number of methoxy groups -OCH3 is 1. The molecule has 0 amide bonds. The van der Waals surface area contributed by atoms with Gasteiger partial charge in [-0.25, -0.2) is 4.98 Å². The van der Waals surface area contributed by atoms with E-state index in [1.165, 1.54) is 0 Å². The third-order valence-electron chi connectivity index (χ3n) is 3.11. The molecule has 4 nitrogen and oxygen atoms in total. The second-order valence-corrected chi connectivity index (χ2v) is 4.89. The van der Waals surface area contributed by atoms with Crippen LogP contribution >= 0.6 is 0 Å². The van der Waals surface area contributed by atoms with Gasteiger partial charge in [-0.15, -0.1) is 0 Å². The standard InChI is InChI=1S/C14H21N3O/c1-11(2)13(10-18-3)15-8-12-9-17-7-5-4-6-14(17)16-12/h4-7,9,11,13,15H,8,10H2,1-3H3. The third-order valence-corrected chi connectivity index (χ3v) is 3.11. The first kappa shape index (κ1) is 13.1. The van der Waals surface area contributed by atoms with Gasteiger partial charge in [0, 0.05) is 32.1 Å². The molecule has 2 aromatic heterocycles. The van der Waals surface area contributed by atoms with Crippen LogP contribution < -0.4 is 5.32 Å². The first-order valence-corrected chi connectivity index (χ1v) is 6.35. The lowest BCUT2D eigenvalue weighted by Crippen LogP contribution is -2.37. The Morgan fingerprint density at radius 3 is 2.89 bits per heavy atom. The van der Waals surface area contributed by atoms with Crippen molar-refractivity contribution < 1.29 is 4.74 Å². The Bertz CT molecular complexity index is 459. The first-order chi connectivity index (χ1) is 8.70. The fourth-order valence-corrected chi connectivity index (χ4v) is 1.97. The zero-order valence-corrected chi connectivity index (χ0v) is 11.3. The second kappa shape index (κ2) is 5.98. The summed E-state index contributed by atoms with van der Waals surface area (Å²) in [5.41, 5.74) is 2.05. The molecule has 2 aromatic rings. The maximum Gasteiger partial charge on any atom is 0.137 e. The van der Waals surface area contributed by atoms with Crippen molar-refractivity contribution in [2.24, 2.45) is 5.92 Å². The number of hydrogen-bond donors (Lipinski definition) is 1. The van der Waals surface area contributed by atoms with Crippen LogP contribution in [0.15, 0.2) is 30.6 Å². The number of nitrogens with one attached hydrogen (secondary N) is 1. The summed E-state index contributed by atoms with van der Waals surface area (Å²) in [4.78, 5) is 4.56. The lowest BCUT2D eigenvalue weighted by Gasteiger charge is -2.20. The molecule has 1 unspecified atom stereocenters. The third kappa shape index (κ3) is 3.09. The summed E-state index contributed by atoms with van der Waals surface area (Å²) in [5.74, 6) is 0.544. The van der Waals surface area contributed by atoms with E-state index in [1.807, 2.05) is 28.8 Å². The van der Waals surface area contributed by atoms with E-state index in [2.05, 4.69) is 30.3 Å². The average molecular weight is 247 g/mol. The molecule has 0 radical (unpaired) electrons. The summed E-state index contributed by atoms with van der Waals surface area (Å²) in [6, 6.07) is 6.38. The monoisotopic (exact) mass is 247 g/mol. The molecule has 0 aliphatic heterocycles. The fraction of sp³-hybridized carbons (Fsp3) is 0.500. The molecular formula is C14H21N3O. The predicted molar refractivity (Wildman–Crippen MR) is 72.5 cm³/mol. The molecule has 18 heavy (non-hydrogen) atoms. The summed E-state index contributed by atoms with van der Waals surface area (Å²) >= 11 is 0. The van der Waals surface area contributed by atoms with E-state index in [-0.39, 0.29) is 0 Å². The van der Waals surface area contributed by atoms with E-state index in [1.54, 1.807) is 7.11 Å². The fourth-order valence-electron chi connectivity index (χ4n) is 1.97. The van der Waals surface area contributed by atoms with Gasteiger partial charge in [0.25, 0.3) is 0 Å². The lowest BCUT2D eigenvalue weighted by molar-refractivity contribution is 0.146. The highest BCUT2D eigenvalue weighted by atomic mass is 16.5. The van der Waals surface area contributed by atoms with Gasteiger partial charge in [0.2, 0.25) is 0 Å². The van der Waals surface area contributed by atoms with Crippen LogP contribution in [0.25, 0.3) is 5.65 Å². The molecule has 0 aliphatic rings. The molecule has 2 rings (SSSR count). The summed E-state index contributed by atoms with van der Waals surface area (Å²) in [6.07, 6.45) is 4.08. The molecule has 1 atom stereocenters. The largest absolute Gasteiger partial charge is 0.383 e. The van der Waals surface area contributed by atoms with Crippen molar-refractivity contribution in [1.29, 1.82) is 0 Å². The van der Waals surface area contributed by atoms with E-state index < -0.39 is 0 Å². The second-order valence-electron chi connectivity index (χ2n) is 4.89. The lowest BCUT2D eigenvalue weighted by atomic mass is 10.1. The summed E-state index contributed by atoms with van der Waals surface area (Å²) < 4.78 is 7.26. The van der Waals surface area contributed by atoms with Crippen LogP contribution in [-0.4, -0.2) is 29.1 Å². The van der Waals surface area contributed by atoms with Crippen LogP contribution in [0.5, 0.6) is 0 Å².